The number of carbonyl (C=O) groups excluding carboxylic acids is 1. The van der Waals surface area contributed by atoms with Gasteiger partial charge in [0.25, 0.3) is 0 Å². The van der Waals surface area contributed by atoms with Crippen LogP contribution in [-0.4, -0.2) is 64.0 Å². The molecule has 8 nitrogen and oxygen atoms in total. The normalized spacial score (nSPS) is 15.3. The maximum absolute atomic E-state index is 13.1. The molecule has 29 heavy (non-hydrogen) atoms. The van der Waals surface area contributed by atoms with Crippen LogP contribution in [0.1, 0.15) is 17.1 Å². The van der Waals surface area contributed by atoms with Gasteiger partial charge < -0.3 is 18.8 Å². The maximum Gasteiger partial charge on any atom is 0.246 e. The van der Waals surface area contributed by atoms with Crippen molar-refractivity contribution in [1.82, 2.24) is 9.21 Å². The number of hydrogen-bond donors (Lipinski definition) is 0. The molecule has 1 aromatic carbocycles. The summed E-state index contributed by atoms with van der Waals surface area (Å²) in [5.41, 5.74) is 0.602. The van der Waals surface area contributed by atoms with Crippen molar-refractivity contribution in [3.8, 4) is 5.75 Å². The molecule has 3 rings (SSSR count). The van der Waals surface area contributed by atoms with Crippen LogP contribution in [0.25, 0.3) is 0 Å². The number of ether oxygens (including phenoxy) is 2. The molecule has 1 amide bonds. The van der Waals surface area contributed by atoms with E-state index < -0.39 is 10.0 Å². The first-order valence-electron chi connectivity index (χ1n) is 9.35. The molecule has 0 spiro atoms. The van der Waals surface area contributed by atoms with Crippen molar-refractivity contribution in [3.63, 3.8) is 0 Å². The standard InChI is InChI=1S/C20H26N2O6S/c1-15-4-6-17(28-15)14-21(2)20(23)13-16-5-7-18(26-3)19(12-16)29(24,25)22-8-10-27-11-9-22/h4-7,12H,8-11,13-14H2,1-3H3. The molecule has 0 atom stereocenters. The number of furan rings is 1. The van der Waals surface area contributed by atoms with E-state index in [0.29, 0.717) is 44.2 Å². The van der Waals surface area contributed by atoms with Gasteiger partial charge in [0.15, 0.2) is 0 Å². The molecule has 1 fully saturated rings. The van der Waals surface area contributed by atoms with E-state index in [2.05, 4.69) is 0 Å². The number of nitrogens with zero attached hydrogens (tertiary/aromatic N) is 2. The summed E-state index contributed by atoms with van der Waals surface area (Å²) in [5, 5.41) is 0. The van der Waals surface area contributed by atoms with Crippen molar-refractivity contribution in [2.75, 3.05) is 40.5 Å². The van der Waals surface area contributed by atoms with Gasteiger partial charge in [0.2, 0.25) is 15.9 Å². The molecule has 0 radical (unpaired) electrons. The molecular formula is C20H26N2O6S. The summed E-state index contributed by atoms with van der Waals surface area (Å²) in [4.78, 5) is 14.2. The van der Waals surface area contributed by atoms with Gasteiger partial charge in [-0.3, -0.25) is 4.79 Å². The van der Waals surface area contributed by atoms with Gasteiger partial charge in [-0.05, 0) is 36.8 Å². The number of aryl methyl sites for hydroxylation is 1. The Morgan fingerprint density at radius 1 is 1.21 bits per heavy atom. The largest absolute Gasteiger partial charge is 0.495 e. The van der Waals surface area contributed by atoms with Crippen LogP contribution in [0.3, 0.4) is 0 Å². The number of hydrogen-bond acceptors (Lipinski definition) is 6. The number of likely N-dealkylation sites (N-methyl/N-ethyl adjacent to an activating group) is 1. The topological polar surface area (TPSA) is 89.3 Å². The van der Waals surface area contributed by atoms with E-state index in [1.54, 1.807) is 24.1 Å². The SMILES string of the molecule is COc1ccc(CC(=O)N(C)Cc2ccc(C)o2)cc1S(=O)(=O)N1CCOCC1. The molecule has 2 aromatic rings. The Morgan fingerprint density at radius 2 is 1.93 bits per heavy atom. The zero-order valence-electron chi connectivity index (χ0n) is 16.9. The van der Waals surface area contributed by atoms with Crippen LogP contribution >= 0.6 is 0 Å². The lowest BCUT2D eigenvalue weighted by Crippen LogP contribution is -2.40. The minimum atomic E-state index is -3.74. The quantitative estimate of drug-likeness (QED) is 0.676. The lowest BCUT2D eigenvalue weighted by molar-refractivity contribution is -0.129. The van der Waals surface area contributed by atoms with Crippen molar-refractivity contribution in [2.24, 2.45) is 0 Å². The van der Waals surface area contributed by atoms with Crippen LogP contribution in [0.5, 0.6) is 5.75 Å². The summed E-state index contributed by atoms with van der Waals surface area (Å²) >= 11 is 0. The van der Waals surface area contributed by atoms with E-state index in [-0.39, 0.29) is 23.0 Å². The van der Waals surface area contributed by atoms with Gasteiger partial charge in [-0.25, -0.2) is 8.42 Å². The summed E-state index contributed by atoms with van der Waals surface area (Å²) < 4.78 is 43.5. The summed E-state index contributed by atoms with van der Waals surface area (Å²) in [7, 11) is -0.623. The maximum atomic E-state index is 13.1. The molecule has 0 aliphatic carbocycles. The molecule has 0 unspecified atom stereocenters. The molecular weight excluding hydrogens is 396 g/mol. The number of sulfonamides is 1. The first-order chi connectivity index (χ1) is 13.8. The highest BCUT2D eigenvalue weighted by molar-refractivity contribution is 7.89. The Balaban J connectivity index is 1.78. The molecule has 1 saturated heterocycles. The fourth-order valence-corrected chi connectivity index (χ4v) is 4.77. The Kier molecular flexibility index (Phi) is 6.61. The average Bonchev–Trinajstić information content (AvgIpc) is 3.13. The summed E-state index contributed by atoms with van der Waals surface area (Å²) in [5.74, 6) is 1.60. The number of rotatable bonds is 7. The summed E-state index contributed by atoms with van der Waals surface area (Å²) in [6.45, 7) is 3.49. The van der Waals surface area contributed by atoms with Crippen molar-refractivity contribution < 1.29 is 27.1 Å². The van der Waals surface area contributed by atoms with Crippen molar-refractivity contribution >= 4 is 15.9 Å². The van der Waals surface area contributed by atoms with Gasteiger partial charge in [0.05, 0.1) is 33.3 Å². The molecule has 1 aromatic heterocycles. The van der Waals surface area contributed by atoms with Crippen molar-refractivity contribution in [3.05, 3.63) is 47.4 Å². The van der Waals surface area contributed by atoms with Crippen LogP contribution in [-0.2, 0) is 32.5 Å². The third-order valence-corrected chi connectivity index (χ3v) is 6.71. The third-order valence-electron chi connectivity index (χ3n) is 4.79. The molecule has 0 N–H and O–H groups in total. The van der Waals surface area contributed by atoms with E-state index in [1.165, 1.54) is 17.5 Å². The predicted molar refractivity (Wildman–Crippen MR) is 106 cm³/mol. The minimum Gasteiger partial charge on any atom is -0.495 e. The number of carbonyl (C=O) groups is 1. The van der Waals surface area contributed by atoms with Gasteiger partial charge in [-0.2, -0.15) is 4.31 Å². The molecule has 9 heteroatoms. The number of methoxy groups -OCH3 is 1. The van der Waals surface area contributed by atoms with Crippen molar-refractivity contribution in [1.29, 1.82) is 0 Å². The first-order valence-corrected chi connectivity index (χ1v) is 10.8. The Hall–Kier alpha value is -2.36. The number of morpholine rings is 1. The zero-order valence-corrected chi connectivity index (χ0v) is 17.7. The van der Waals surface area contributed by atoms with E-state index in [4.69, 9.17) is 13.9 Å². The molecule has 0 bridgehead atoms. The monoisotopic (exact) mass is 422 g/mol. The molecule has 1 aliphatic rings. The highest BCUT2D eigenvalue weighted by Crippen LogP contribution is 2.28. The van der Waals surface area contributed by atoms with Gasteiger partial charge in [0, 0.05) is 20.1 Å². The predicted octanol–water partition coefficient (Wildman–Crippen LogP) is 1.82. The zero-order chi connectivity index (χ0) is 21.0. The lowest BCUT2D eigenvalue weighted by Gasteiger charge is -2.27. The van der Waals surface area contributed by atoms with Crippen LogP contribution in [0.15, 0.2) is 39.6 Å². The molecule has 2 heterocycles. The van der Waals surface area contributed by atoms with Gasteiger partial charge in [0.1, 0.15) is 22.2 Å². The highest BCUT2D eigenvalue weighted by atomic mass is 32.2. The van der Waals surface area contributed by atoms with Crippen LogP contribution in [0.4, 0.5) is 0 Å². The highest BCUT2D eigenvalue weighted by Gasteiger charge is 2.29. The first kappa shape index (κ1) is 21.4. The van der Waals surface area contributed by atoms with E-state index >= 15 is 0 Å². The van der Waals surface area contributed by atoms with Gasteiger partial charge >= 0.3 is 0 Å². The number of amides is 1. The fourth-order valence-electron chi connectivity index (χ4n) is 3.16. The summed E-state index contributed by atoms with van der Waals surface area (Å²) in [6.07, 6.45) is 0.0752. The van der Waals surface area contributed by atoms with Crippen LogP contribution < -0.4 is 4.74 Å². The molecule has 1 aliphatic heterocycles. The second-order valence-electron chi connectivity index (χ2n) is 6.94. The van der Waals surface area contributed by atoms with Crippen molar-refractivity contribution in [2.45, 2.75) is 24.8 Å². The number of benzene rings is 1. The molecule has 158 valence electrons. The fraction of sp³-hybridized carbons (Fsp3) is 0.450. The van der Waals surface area contributed by atoms with Gasteiger partial charge in [-0.1, -0.05) is 6.07 Å². The Labute approximate surface area is 171 Å². The Morgan fingerprint density at radius 3 is 2.55 bits per heavy atom. The lowest BCUT2D eigenvalue weighted by atomic mass is 10.1. The van der Waals surface area contributed by atoms with Gasteiger partial charge in [-0.15, -0.1) is 0 Å². The minimum absolute atomic E-state index is 0.0662. The third kappa shape index (κ3) is 4.98. The summed E-state index contributed by atoms with van der Waals surface area (Å²) in [6, 6.07) is 8.50. The van der Waals surface area contributed by atoms with E-state index in [9.17, 15) is 13.2 Å². The second kappa shape index (κ2) is 8.98. The Bertz CT molecular complexity index is 963. The average molecular weight is 423 g/mol. The molecule has 0 saturated carbocycles. The van der Waals surface area contributed by atoms with Crippen LogP contribution in [0.2, 0.25) is 0 Å². The second-order valence-corrected chi connectivity index (χ2v) is 8.85. The van der Waals surface area contributed by atoms with E-state index in [1.807, 2.05) is 19.1 Å². The smallest absolute Gasteiger partial charge is 0.246 e. The van der Waals surface area contributed by atoms with Crippen LogP contribution in [0, 0.1) is 6.92 Å². The van der Waals surface area contributed by atoms with E-state index in [0.717, 1.165) is 5.76 Å².